The molecule has 0 bridgehead atoms. The Balaban J connectivity index is 1.41. The first kappa shape index (κ1) is 20.9. The predicted molar refractivity (Wildman–Crippen MR) is 135 cm³/mol. The maximum atomic E-state index is 12.9. The fourth-order valence-electron chi connectivity index (χ4n) is 3.21. The Morgan fingerprint density at radius 3 is 2.50 bits per heavy atom. The highest BCUT2D eigenvalue weighted by Gasteiger charge is 2.19. The normalized spacial score (nSPS) is 11.1. The maximum absolute atomic E-state index is 12.9. The molecule has 0 radical (unpaired) electrons. The van der Waals surface area contributed by atoms with Crippen molar-refractivity contribution >= 4 is 72.8 Å². The van der Waals surface area contributed by atoms with Gasteiger partial charge in [0.05, 0.1) is 27.1 Å². The van der Waals surface area contributed by atoms with Gasteiger partial charge in [0.15, 0.2) is 5.13 Å². The van der Waals surface area contributed by atoms with E-state index in [2.05, 4.69) is 10.3 Å². The molecule has 5 nitrogen and oxygen atoms in total. The van der Waals surface area contributed by atoms with Crippen LogP contribution in [0.3, 0.4) is 0 Å². The van der Waals surface area contributed by atoms with Gasteiger partial charge in [-0.15, -0.1) is 22.7 Å². The van der Waals surface area contributed by atoms with Crippen molar-refractivity contribution in [2.45, 2.75) is 0 Å². The number of hydrogen-bond donors (Lipinski definition) is 2. The topological polar surface area (TPSA) is 80.9 Å². The van der Waals surface area contributed by atoms with Crippen LogP contribution < -0.4 is 11.1 Å². The number of aromatic nitrogens is 2. The maximum Gasteiger partial charge on any atom is 0.269 e. The van der Waals surface area contributed by atoms with Gasteiger partial charge in [-0.1, -0.05) is 59.6 Å². The Morgan fingerprint density at radius 2 is 1.72 bits per heavy atom. The average Bonchev–Trinajstić information content (AvgIpc) is 3.40. The summed E-state index contributed by atoms with van der Waals surface area (Å²) >= 11 is 14.7. The molecule has 3 N–H and O–H groups in total. The van der Waals surface area contributed by atoms with Gasteiger partial charge in [-0.3, -0.25) is 10.1 Å². The van der Waals surface area contributed by atoms with E-state index in [-0.39, 0.29) is 5.91 Å². The highest BCUT2D eigenvalue weighted by molar-refractivity contribution is 7.21. The summed E-state index contributed by atoms with van der Waals surface area (Å²) in [6.07, 6.45) is 0. The molecule has 5 rings (SSSR count). The largest absolute Gasteiger partial charge is 0.397 e. The summed E-state index contributed by atoms with van der Waals surface area (Å²) in [6, 6.07) is 19.0. The molecule has 0 spiro atoms. The number of carbonyl (C=O) groups is 1. The summed E-state index contributed by atoms with van der Waals surface area (Å²) < 4.78 is 0. The second-order valence-electron chi connectivity index (χ2n) is 6.88. The van der Waals surface area contributed by atoms with Crippen molar-refractivity contribution in [3.05, 3.63) is 81.0 Å². The number of halogens is 2. The number of fused-ring (bicyclic) bond motifs is 1. The van der Waals surface area contributed by atoms with Crippen molar-refractivity contribution < 1.29 is 4.79 Å². The Bertz CT molecular complexity index is 1460. The van der Waals surface area contributed by atoms with Crippen LogP contribution in [-0.4, -0.2) is 15.9 Å². The Morgan fingerprint density at radius 1 is 0.906 bits per heavy atom. The molecule has 0 fully saturated rings. The molecule has 2 aromatic carbocycles. The van der Waals surface area contributed by atoms with E-state index >= 15 is 0 Å². The van der Waals surface area contributed by atoms with Gasteiger partial charge in [0.25, 0.3) is 5.91 Å². The van der Waals surface area contributed by atoms with Crippen molar-refractivity contribution in [3.8, 4) is 22.5 Å². The molecule has 0 unspecified atom stereocenters. The fourth-order valence-corrected chi connectivity index (χ4v) is 5.21. The molecule has 3 heterocycles. The van der Waals surface area contributed by atoms with E-state index in [4.69, 9.17) is 33.9 Å². The summed E-state index contributed by atoms with van der Waals surface area (Å²) in [5.74, 6) is -0.318. The molecular weight excluding hydrogens is 483 g/mol. The quantitative estimate of drug-likeness (QED) is 0.275. The van der Waals surface area contributed by atoms with E-state index in [1.807, 2.05) is 53.9 Å². The number of hydrogen-bond acceptors (Lipinski definition) is 6. The molecule has 5 aromatic rings. The van der Waals surface area contributed by atoms with Crippen LogP contribution >= 0.6 is 45.9 Å². The molecular formula is C23H14Cl2N4OS2. The van der Waals surface area contributed by atoms with E-state index in [9.17, 15) is 4.79 Å². The molecule has 0 saturated carbocycles. The summed E-state index contributed by atoms with van der Waals surface area (Å²) in [5.41, 5.74) is 10.0. The lowest BCUT2D eigenvalue weighted by atomic mass is 10.1. The zero-order valence-corrected chi connectivity index (χ0v) is 19.4. The summed E-state index contributed by atoms with van der Waals surface area (Å²) in [4.78, 5) is 23.2. The number of thiazole rings is 1. The van der Waals surface area contributed by atoms with Crippen LogP contribution in [0.5, 0.6) is 0 Å². The number of pyridine rings is 1. The molecule has 0 saturated heterocycles. The third-order valence-electron chi connectivity index (χ3n) is 4.81. The second-order valence-corrected chi connectivity index (χ2v) is 9.55. The lowest BCUT2D eigenvalue weighted by Gasteiger charge is -2.01. The monoisotopic (exact) mass is 496 g/mol. The van der Waals surface area contributed by atoms with Gasteiger partial charge >= 0.3 is 0 Å². The van der Waals surface area contributed by atoms with E-state index < -0.39 is 0 Å². The van der Waals surface area contributed by atoms with Crippen molar-refractivity contribution in [1.29, 1.82) is 0 Å². The van der Waals surface area contributed by atoms with Gasteiger partial charge in [0.1, 0.15) is 9.71 Å². The van der Waals surface area contributed by atoms with Crippen LogP contribution in [-0.2, 0) is 0 Å². The lowest BCUT2D eigenvalue weighted by molar-refractivity contribution is 0.103. The number of thiophene rings is 1. The Hall–Kier alpha value is -2.97. The van der Waals surface area contributed by atoms with Gasteiger partial charge < -0.3 is 5.73 Å². The van der Waals surface area contributed by atoms with Crippen molar-refractivity contribution in [2.75, 3.05) is 11.1 Å². The number of carbonyl (C=O) groups excluding carboxylic acids is 1. The first-order valence-electron chi connectivity index (χ1n) is 9.46. The minimum absolute atomic E-state index is 0.318. The molecule has 0 aliphatic heterocycles. The smallest absolute Gasteiger partial charge is 0.269 e. The molecule has 0 aliphatic rings. The van der Waals surface area contributed by atoms with Gasteiger partial charge in [-0.25, -0.2) is 9.97 Å². The fraction of sp³-hybridized carbons (Fsp3) is 0. The first-order valence-corrected chi connectivity index (χ1v) is 11.9. The van der Waals surface area contributed by atoms with Crippen LogP contribution in [0.15, 0.2) is 66.0 Å². The zero-order chi connectivity index (χ0) is 22.2. The number of nitrogens with one attached hydrogen (secondary N) is 1. The molecule has 3 aromatic heterocycles. The molecule has 0 aliphatic carbocycles. The lowest BCUT2D eigenvalue weighted by Crippen LogP contribution is -2.11. The number of amides is 1. The Kier molecular flexibility index (Phi) is 5.57. The first-order chi connectivity index (χ1) is 15.5. The number of nitrogens with two attached hydrogens (primary N) is 1. The summed E-state index contributed by atoms with van der Waals surface area (Å²) in [7, 11) is 0. The predicted octanol–water partition coefficient (Wildman–Crippen LogP) is 7.23. The minimum atomic E-state index is -0.318. The van der Waals surface area contributed by atoms with Crippen molar-refractivity contribution in [2.24, 2.45) is 0 Å². The molecule has 1 amide bonds. The van der Waals surface area contributed by atoms with E-state index in [1.165, 1.54) is 22.7 Å². The van der Waals surface area contributed by atoms with Crippen LogP contribution in [0.25, 0.3) is 32.7 Å². The van der Waals surface area contributed by atoms with Crippen LogP contribution in [0.4, 0.5) is 10.8 Å². The van der Waals surface area contributed by atoms with Gasteiger partial charge in [0, 0.05) is 21.9 Å². The third-order valence-corrected chi connectivity index (χ3v) is 7.42. The summed E-state index contributed by atoms with van der Waals surface area (Å²) in [5, 5.41) is 6.83. The highest BCUT2D eigenvalue weighted by Crippen LogP contribution is 2.35. The highest BCUT2D eigenvalue weighted by atomic mass is 35.5. The third kappa shape index (κ3) is 3.96. The van der Waals surface area contributed by atoms with Crippen LogP contribution in [0.2, 0.25) is 10.0 Å². The van der Waals surface area contributed by atoms with E-state index in [0.717, 1.165) is 22.2 Å². The molecule has 0 atom stereocenters. The SMILES string of the molecule is Nc1c(C(=O)Nc2nc(-c3ccc(Cl)c(Cl)c3)cs2)sc2nc(-c3ccccc3)ccc12. The van der Waals surface area contributed by atoms with Crippen LogP contribution in [0.1, 0.15) is 9.67 Å². The number of rotatable bonds is 4. The van der Waals surface area contributed by atoms with Gasteiger partial charge in [0.2, 0.25) is 0 Å². The number of anilines is 2. The van der Waals surface area contributed by atoms with E-state index in [0.29, 0.717) is 36.3 Å². The van der Waals surface area contributed by atoms with Gasteiger partial charge in [-0.05, 0) is 24.3 Å². The number of nitrogen functional groups attached to an aromatic ring is 1. The van der Waals surface area contributed by atoms with E-state index in [1.54, 1.807) is 12.1 Å². The standard InChI is InChI=1S/C23H14Cl2N4OS2/c24-15-8-6-13(10-16(15)25)18-11-31-23(28-18)29-21(30)20-19(26)14-7-9-17(27-22(14)32-20)12-4-2-1-3-5-12/h1-11H,26H2,(H,28,29,30). The van der Waals surface area contributed by atoms with Crippen molar-refractivity contribution in [3.63, 3.8) is 0 Å². The summed E-state index contributed by atoms with van der Waals surface area (Å²) in [6.45, 7) is 0. The number of benzene rings is 2. The molecule has 32 heavy (non-hydrogen) atoms. The van der Waals surface area contributed by atoms with Gasteiger partial charge in [-0.2, -0.15) is 0 Å². The Labute approximate surface area is 201 Å². The molecule has 9 heteroatoms. The second kappa shape index (κ2) is 8.52. The number of nitrogens with zero attached hydrogens (tertiary/aromatic N) is 2. The molecule has 158 valence electrons. The minimum Gasteiger partial charge on any atom is -0.397 e. The average molecular weight is 497 g/mol. The zero-order valence-electron chi connectivity index (χ0n) is 16.3. The van der Waals surface area contributed by atoms with Crippen LogP contribution in [0, 0.1) is 0 Å². The van der Waals surface area contributed by atoms with Crippen molar-refractivity contribution in [1.82, 2.24) is 9.97 Å².